The van der Waals surface area contributed by atoms with Gasteiger partial charge in [-0.25, -0.2) is 4.79 Å². The van der Waals surface area contributed by atoms with Gasteiger partial charge in [-0.05, 0) is 46.7 Å². The van der Waals surface area contributed by atoms with E-state index in [4.69, 9.17) is 4.74 Å². The van der Waals surface area contributed by atoms with Gasteiger partial charge in [-0.2, -0.15) is 0 Å². The Kier molecular flexibility index (Phi) is 3.77. The van der Waals surface area contributed by atoms with E-state index >= 15 is 0 Å². The molecular formula is C21H19NO2. The number of rotatable bonds is 4. The molecule has 0 aliphatic heterocycles. The maximum Gasteiger partial charge on any atom is 0.339 e. The van der Waals surface area contributed by atoms with Gasteiger partial charge in [-0.15, -0.1) is 0 Å². The molecule has 4 rings (SSSR count). The average Bonchev–Trinajstić information content (AvgIpc) is 3.47. The fourth-order valence-corrected chi connectivity index (χ4v) is 3.20. The van der Waals surface area contributed by atoms with Crippen LogP contribution in [0.25, 0.3) is 10.8 Å². The highest BCUT2D eigenvalue weighted by Crippen LogP contribution is 2.40. The van der Waals surface area contributed by atoms with Crippen molar-refractivity contribution in [2.75, 3.05) is 7.11 Å². The molecule has 0 radical (unpaired) electrons. The molecule has 2 aromatic carbocycles. The second-order valence-corrected chi connectivity index (χ2v) is 6.34. The maximum atomic E-state index is 12.2. The van der Waals surface area contributed by atoms with E-state index in [0.717, 1.165) is 11.3 Å². The number of hydrogen-bond donors (Lipinski definition) is 0. The molecule has 0 spiro atoms. The standard InChI is InChI=1S/C21H19NO2/c1-24-21(23)19-11-17(14-9-10-14)13-22-20(19)12-16-7-4-6-15-5-2-3-8-18(15)16/h2-8,11,13-14H,9-10,12H2,1H3. The summed E-state index contributed by atoms with van der Waals surface area (Å²) in [6.45, 7) is 0. The Labute approximate surface area is 141 Å². The van der Waals surface area contributed by atoms with Crippen molar-refractivity contribution >= 4 is 16.7 Å². The highest BCUT2D eigenvalue weighted by atomic mass is 16.5. The Bertz CT molecular complexity index is 907. The van der Waals surface area contributed by atoms with E-state index in [-0.39, 0.29) is 5.97 Å². The van der Waals surface area contributed by atoms with E-state index in [9.17, 15) is 4.79 Å². The fraction of sp³-hybridized carbons (Fsp3) is 0.238. The number of aromatic nitrogens is 1. The average molecular weight is 317 g/mol. The Hall–Kier alpha value is -2.68. The molecule has 0 amide bonds. The minimum absolute atomic E-state index is 0.305. The molecule has 0 unspecified atom stereocenters. The van der Waals surface area contributed by atoms with E-state index in [2.05, 4.69) is 29.2 Å². The van der Waals surface area contributed by atoms with Crippen molar-refractivity contribution in [2.24, 2.45) is 0 Å². The molecule has 1 heterocycles. The smallest absolute Gasteiger partial charge is 0.339 e. The molecule has 0 atom stereocenters. The van der Waals surface area contributed by atoms with Gasteiger partial charge in [0.25, 0.3) is 0 Å². The number of carbonyl (C=O) groups is 1. The second-order valence-electron chi connectivity index (χ2n) is 6.34. The minimum atomic E-state index is -0.305. The first-order valence-corrected chi connectivity index (χ1v) is 8.30. The van der Waals surface area contributed by atoms with Crippen LogP contribution in [0.2, 0.25) is 0 Å². The first kappa shape index (κ1) is 14.9. The number of ether oxygens (including phenoxy) is 1. The normalized spacial score (nSPS) is 13.9. The summed E-state index contributed by atoms with van der Waals surface area (Å²) >= 11 is 0. The lowest BCUT2D eigenvalue weighted by atomic mass is 9.98. The van der Waals surface area contributed by atoms with Gasteiger partial charge in [0.1, 0.15) is 0 Å². The lowest BCUT2D eigenvalue weighted by Gasteiger charge is -2.11. The lowest BCUT2D eigenvalue weighted by molar-refractivity contribution is 0.0599. The highest BCUT2D eigenvalue weighted by molar-refractivity contribution is 5.91. The van der Waals surface area contributed by atoms with Crippen molar-refractivity contribution in [3.05, 3.63) is 77.1 Å². The molecule has 3 nitrogen and oxygen atoms in total. The number of fused-ring (bicyclic) bond motifs is 1. The van der Waals surface area contributed by atoms with E-state index in [1.165, 1.54) is 36.3 Å². The van der Waals surface area contributed by atoms with Crippen LogP contribution in [-0.4, -0.2) is 18.1 Å². The fourth-order valence-electron chi connectivity index (χ4n) is 3.20. The van der Waals surface area contributed by atoms with Crippen molar-refractivity contribution < 1.29 is 9.53 Å². The third kappa shape index (κ3) is 2.78. The summed E-state index contributed by atoms with van der Waals surface area (Å²) < 4.78 is 4.98. The Balaban J connectivity index is 1.76. The summed E-state index contributed by atoms with van der Waals surface area (Å²) in [6, 6.07) is 16.5. The lowest BCUT2D eigenvalue weighted by Crippen LogP contribution is -2.09. The van der Waals surface area contributed by atoms with Gasteiger partial charge in [0.2, 0.25) is 0 Å². The van der Waals surface area contributed by atoms with Gasteiger partial charge >= 0.3 is 5.97 Å². The maximum absolute atomic E-state index is 12.2. The van der Waals surface area contributed by atoms with Crippen molar-refractivity contribution in [2.45, 2.75) is 25.2 Å². The molecule has 3 heteroatoms. The summed E-state index contributed by atoms with van der Waals surface area (Å²) in [4.78, 5) is 16.8. The zero-order chi connectivity index (χ0) is 16.5. The minimum Gasteiger partial charge on any atom is -0.465 e. The number of hydrogen-bond acceptors (Lipinski definition) is 3. The summed E-state index contributed by atoms with van der Waals surface area (Å²) in [5, 5.41) is 2.40. The highest BCUT2D eigenvalue weighted by Gasteiger charge is 2.26. The van der Waals surface area contributed by atoms with Crippen LogP contribution in [0.1, 0.15) is 45.9 Å². The number of benzene rings is 2. The number of esters is 1. The SMILES string of the molecule is COC(=O)c1cc(C2CC2)cnc1Cc1cccc2ccccc12. The zero-order valence-electron chi connectivity index (χ0n) is 13.7. The first-order chi connectivity index (χ1) is 11.8. The molecule has 24 heavy (non-hydrogen) atoms. The molecule has 1 saturated carbocycles. The van der Waals surface area contributed by atoms with Crippen molar-refractivity contribution in [1.29, 1.82) is 0 Å². The predicted octanol–water partition coefficient (Wildman–Crippen LogP) is 4.49. The molecule has 3 aromatic rings. The zero-order valence-corrected chi connectivity index (χ0v) is 13.7. The molecule has 1 aromatic heterocycles. The largest absolute Gasteiger partial charge is 0.465 e. The van der Waals surface area contributed by atoms with Crippen LogP contribution < -0.4 is 0 Å². The van der Waals surface area contributed by atoms with E-state index in [1.807, 2.05) is 30.5 Å². The summed E-state index contributed by atoms with van der Waals surface area (Å²) in [6.07, 6.45) is 4.91. The summed E-state index contributed by atoms with van der Waals surface area (Å²) in [7, 11) is 1.42. The van der Waals surface area contributed by atoms with Crippen LogP contribution in [-0.2, 0) is 11.2 Å². The summed E-state index contributed by atoms with van der Waals surface area (Å²) in [5.41, 5.74) is 3.69. The molecule has 1 aliphatic rings. The van der Waals surface area contributed by atoms with Crippen molar-refractivity contribution in [1.82, 2.24) is 4.98 Å². The quantitative estimate of drug-likeness (QED) is 0.666. The van der Waals surface area contributed by atoms with Crippen LogP contribution in [0.5, 0.6) is 0 Å². The van der Waals surface area contributed by atoms with Gasteiger partial charge in [0, 0.05) is 12.6 Å². The van der Waals surface area contributed by atoms with Crippen LogP contribution in [0.15, 0.2) is 54.7 Å². The van der Waals surface area contributed by atoms with E-state index in [0.29, 0.717) is 17.9 Å². The monoisotopic (exact) mass is 317 g/mol. The molecule has 0 N–H and O–H groups in total. The molecule has 0 saturated heterocycles. The number of nitrogens with zero attached hydrogens (tertiary/aromatic N) is 1. The molecule has 1 fully saturated rings. The van der Waals surface area contributed by atoms with Gasteiger partial charge in [0.15, 0.2) is 0 Å². The third-order valence-corrected chi connectivity index (χ3v) is 4.68. The number of pyridine rings is 1. The van der Waals surface area contributed by atoms with Gasteiger partial charge in [0.05, 0.1) is 18.4 Å². The Morgan fingerprint density at radius 3 is 2.75 bits per heavy atom. The molecular weight excluding hydrogens is 298 g/mol. The van der Waals surface area contributed by atoms with Crippen molar-refractivity contribution in [3.63, 3.8) is 0 Å². The van der Waals surface area contributed by atoms with Gasteiger partial charge in [-0.3, -0.25) is 4.98 Å². The second kappa shape index (κ2) is 6.08. The number of carbonyl (C=O) groups excluding carboxylic acids is 1. The Morgan fingerprint density at radius 1 is 1.17 bits per heavy atom. The van der Waals surface area contributed by atoms with Crippen molar-refractivity contribution in [3.8, 4) is 0 Å². The third-order valence-electron chi connectivity index (χ3n) is 4.68. The predicted molar refractivity (Wildman–Crippen MR) is 94.3 cm³/mol. The summed E-state index contributed by atoms with van der Waals surface area (Å²) in [5.74, 6) is 0.257. The molecule has 0 bridgehead atoms. The van der Waals surface area contributed by atoms with Gasteiger partial charge < -0.3 is 4.74 Å². The van der Waals surface area contributed by atoms with Gasteiger partial charge in [-0.1, -0.05) is 42.5 Å². The first-order valence-electron chi connectivity index (χ1n) is 8.30. The van der Waals surface area contributed by atoms with Crippen LogP contribution in [0, 0.1) is 0 Å². The van der Waals surface area contributed by atoms with Crippen LogP contribution in [0.3, 0.4) is 0 Å². The number of methoxy groups -OCH3 is 1. The Morgan fingerprint density at radius 2 is 1.96 bits per heavy atom. The van der Waals surface area contributed by atoms with E-state index < -0.39 is 0 Å². The topological polar surface area (TPSA) is 39.2 Å². The van der Waals surface area contributed by atoms with Crippen LogP contribution in [0.4, 0.5) is 0 Å². The van der Waals surface area contributed by atoms with E-state index in [1.54, 1.807) is 0 Å². The molecule has 1 aliphatic carbocycles. The van der Waals surface area contributed by atoms with Crippen LogP contribution >= 0.6 is 0 Å². The molecule has 120 valence electrons.